The molecule has 1 saturated heterocycles. The van der Waals surface area contributed by atoms with E-state index in [1.54, 1.807) is 7.11 Å². The van der Waals surface area contributed by atoms with Gasteiger partial charge in [-0.1, -0.05) is 23.8 Å². The summed E-state index contributed by atoms with van der Waals surface area (Å²) in [5.74, 6) is 0.747. The van der Waals surface area contributed by atoms with E-state index in [1.807, 2.05) is 0 Å². The molecule has 1 fully saturated rings. The Morgan fingerprint density at radius 2 is 2.22 bits per heavy atom. The summed E-state index contributed by atoms with van der Waals surface area (Å²) in [6, 6.07) is 6.44. The quantitative estimate of drug-likeness (QED) is 0.800. The van der Waals surface area contributed by atoms with Crippen LogP contribution in [0, 0.1) is 19.8 Å². The molecular weight excluding hydrogens is 288 g/mol. The van der Waals surface area contributed by atoms with Crippen LogP contribution in [0.25, 0.3) is 0 Å². The predicted molar refractivity (Wildman–Crippen MR) is 93.7 cm³/mol. The van der Waals surface area contributed by atoms with E-state index >= 15 is 0 Å². The Kier molecular flexibility index (Phi) is 7.06. The van der Waals surface area contributed by atoms with E-state index in [9.17, 15) is 4.79 Å². The first kappa shape index (κ1) is 18.0. The van der Waals surface area contributed by atoms with Crippen LogP contribution < -0.4 is 5.32 Å². The van der Waals surface area contributed by atoms with Crippen LogP contribution in [0.4, 0.5) is 0 Å². The number of likely N-dealkylation sites (tertiary alicyclic amines) is 1. The SMILES string of the molecule is COCCN1CC[C@H](CNC(=O)CCc2ccc(C)cc2C)C1. The van der Waals surface area contributed by atoms with Gasteiger partial charge in [-0.3, -0.25) is 4.79 Å². The summed E-state index contributed by atoms with van der Waals surface area (Å²) in [7, 11) is 1.74. The molecule has 1 aromatic carbocycles. The minimum absolute atomic E-state index is 0.167. The van der Waals surface area contributed by atoms with Crippen molar-refractivity contribution in [2.45, 2.75) is 33.1 Å². The number of ether oxygens (including phenoxy) is 1. The van der Waals surface area contributed by atoms with Crippen LogP contribution in [0.2, 0.25) is 0 Å². The monoisotopic (exact) mass is 318 g/mol. The number of rotatable bonds is 8. The molecule has 0 aliphatic carbocycles. The van der Waals surface area contributed by atoms with E-state index in [1.165, 1.54) is 23.1 Å². The third-order valence-electron chi connectivity index (χ3n) is 4.69. The molecule has 0 bridgehead atoms. The lowest BCUT2D eigenvalue weighted by atomic mass is 10.0. The van der Waals surface area contributed by atoms with Crippen molar-refractivity contribution in [1.29, 1.82) is 0 Å². The number of hydrogen-bond acceptors (Lipinski definition) is 3. The lowest BCUT2D eigenvalue weighted by Gasteiger charge is -2.15. The number of hydrogen-bond donors (Lipinski definition) is 1. The van der Waals surface area contributed by atoms with Gasteiger partial charge in [0, 0.05) is 33.2 Å². The summed E-state index contributed by atoms with van der Waals surface area (Å²) < 4.78 is 5.12. The number of carbonyl (C=O) groups excluding carboxylic acids is 1. The second-order valence-corrected chi connectivity index (χ2v) is 6.68. The molecule has 0 radical (unpaired) electrons. The largest absolute Gasteiger partial charge is 0.383 e. The molecule has 1 aromatic rings. The van der Waals surface area contributed by atoms with E-state index in [0.29, 0.717) is 12.3 Å². The van der Waals surface area contributed by atoms with Gasteiger partial charge in [-0.15, -0.1) is 0 Å². The Balaban J connectivity index is 1.66. The van der Waals surface area contributed by atoms with Crippen LogP contribution in [0.1, 0.15) is 29.5 Å². The zero-order valence-electron chi connectivity index (χ0n) is 14.7. The second-order valence-electron chi connectivity index (χ2n) is 6.68. The molecule has 1 aliphatic heterocycles. The zero-order chi connectivity index (χ0) is 16.7. The Morgan fingerprint density at radius 3 is 2.96 bits per heavy atom. The van der Waals surface area contributed by atoms with Gasteiger partial charge in [0.05, 0.1) is 6.61 Å². The number of aryl methyl sites for hydroxylation is 3. The van der Waals surface area contributed by atoms with Gasteiger partial charge in [0.2, 0.25) is 5.91 Å². The highest BCUT2D eigenvalue weighted by Crippen LogP contribution is 2.15. The molecule has 1 heterocycles. The van der Waals surface area contributed by atoms with Crippen molar-refractivity contribution in [1.82, 2.24) is 10.2 Å². The molecule has 23 heavy (non-hydrogen) atoms. The first-order valence-corrected chi connectivity index (χ1v) is 8.62. The molecule has 4 nitrogen and oxygen atoms in total. The molecule has 0 unspecified atom stereocenters. The molecule has 1 aliphatic rings. The molecule has 0 saturated carbocycles. The molecule has 128 valence electrons. The van der Waals surface area contributed by atoms with Gasteiger partial charge < -0.3 is 15.0 Å². The highest BCUT2D eigenvalue weighted by molar-refractivity contribution is 5.76. The van der Waals surface area contributed by atoms with Gasteiger partial charge in [-0.25, -0.2) is 0 Å². The Morgan fingerprint density at radius 1 is 1.39 bits per heavy atom. The Bertz CT molecular complexity index is 516. The highest BCUT2D eigenvalue weighted by Gasteiger charge is 2.22. The lowest BCUT2D eigenvalue weighted by molar-refractivity contribution is -0.121. The highest BCUT2D eigenvalue weighted by atomic mass is 16.5. The minimum Gasteiger partial charge on any atom is -0.383 e. The fourth-order valence-corrected chi connectivity index (χ4v) is 3.22. The van der Waals surface area contributed by atoms with Crippen LogP contribution in [0.15, 0.2) is 18.2 Å². The number of benzene rings is 1. The molecule has 1 amide bonds. The number of nitrogens with zero attached hydrogens (tertiary/aromatic N) is 1. The van der Waals surface area contributed by atoms with Crippen molar-refractivity contribution in [3.63, 3.8) is 0 Å². The molecule has 4 heteroatoms. The maximum absolute atomic E-state index is 12.1. The van der Waals surface area contributed by atoms with Gasteiger partial charge in [-0.05, 0) is 50.3 Å². The zero-order valence-corrected chi connectivity index (χ0v) is 14.7. The Labute approximate surface area is 140 Å². The smallest absolute Gasteiger partial charge is 0.220 e. The van der Waals surface area contributed by atoms with Gasteiger partial charge in [0.15, 0.2) is 0 Å². The van der Waals surface area contributed by atoms with E-state index in [2.05, 4.69) is 42.3 Å². The standard InChI is InChI=1S/C19H30N2O2/c1-15-4-5-18(16(2)12-15)6-7-19(22)20-13-17-8-9-21(14-17)10-11-23-3/h4-5,12,17H,6-11,13-14H2,1-3H3,(H,20,22)/t17-/m1/s1. The predicted octanol–water partition coefficient (Wildman–Crippen LogP) is 2.32. The summed E-state index contributed by atoms with van der Waals surface area (Å²) in [5.41, 5.74) is 3.83. The second kappa shape index (κ2) is 9.04. The molecule has 1 atom stereocenters. The first-order valence-electron chi connectivity index (χ1n) is 8.62. The summed E-state index contributed by atoms with van der Waals surface area (Å²) >= 11 is 0. The van der Waals surface area contributed by atoms with E-state index in [4.69, 9.17) is 4.74 Å². The van der Waals surface area contributed by atoms with Crippen molar-refractivity contribution in [3.8, 4) is 0 Å². The summed E-state index contributed by atoms with van der Waals surface area (Å²) in [6.07, 6.45) is 2.56. The van der Waals surface area contributed by atoms with Gasteiger partial charge in [-0.2, -0.15) is 0 Å². The molecule has 2 rings (SSSR count). The van der Waals surface area contributed by atoms with Gasteiger partial charge in [0.25, 0.3) is 0 Å². The molecule has 0 aromatic heterocycles. The van der Waals surface area contributed by atoms with Crippen molar-refractivity contribution in [3.05, 3.63) is 34.9 Å². The van der Waals surface area contributed by atoms with Gasteiger partial charge in [0.1, 0.15) is 0 Å². The van der Waals surface area contributed by atoms with Crippen LogP contribution in [0.5, 0.6) is 0 Å². The fraction of sp³-hybridized carbons (Fsp3) is 0.632. The third-order valence-corrected chi connectivity index (χ3v) is 4.69. The van der Waals surface area contributed by atoms with E-state index in [0.717, 1.165) is 39.2 Å². The van der Waals surface area contributed by atoms with Crippen LogP contribution >= 0.6 is 0 Å². The number of methoxy groups -OCH3 is 1. The topological polar surface area (TPSA) is 41.6 Å². The minimum atomic E-state index is 0.167. The first-order chi connectivity index (χ1) is 11.1. The average Bonchev–Trinajstić information content (AvgIpc) is 2.98. The summed E-state index contributed by atoms with van der Waals surface area (Å²) in [4.78, 5) is 14.5. The van der Waals surface area contributed by atoms with E-state index < -0.39 is 0 Å². The third kappa shape index (κ3) is 5.96. The molecular formula is C19H30N2O2. The Hall–Kier alpha value is -1.39. The maximum Gasteiger partial charge on any atom is 0.220 e. The van der Waals surface area contributed by atoms with Crippen molar-refractivity contribution in [2.24, 2.45) is 5.92 Å². The number of amides is 1. The van der Waals surface area contributed by atoms with Crippen LogP contribution in [-0.2, 0) is 16.0 Å². The fourth-order valence-electron chi connectivity index (χ4n) is 3.22. The van der Waals surface area contributed by atoms with E-state index in [-0.39, 0.29) is 5.91 Å². The lowest BCUT2D eigenvalue weighted by Crippen LogP contribution is -2.31. The van der Waals surface area contributed by atoms with Crippen LogP contribution in [-0.4, -0.2) is 50.7 Å². The van der Waals surface area contributed by atoms with Gasteiger partial charge >= 0.3 is 0 Å². The number of nitrogens with one attached hydrogen (secondary N) is 1. The summed E-state index contributed by atoms with van der Waals surface area (Å²) in [5, 5.41) is 3.11. The number of carbonyl (C=O) groups is 1. The summed E-state index contributed by atoms with van der Waals surface area (Å²) in [6.45, 7) is 8.99. The van der Waals surface area contributed by atoms with Crippen molar-refractivity contribution < 1.29 is 9.53 Å². The maximum atomic E-state index is 12.1. The van der Waals surface area contributed by atoms with Crippen LogP contribution in [0.3, 0.4) is 0 Å². The van der Waals surface area contributed by atoms with Crippen molar-refractivity contribution >= 4 is 5.91 Å². The normalized spacial score (nSPS) is 18.3. The molecule has 1 N–H and O–H groups in total. The molecule has 0 spiro atoms. The average molecular weight is 318 g/mol. The van der Waals surface area contributed by atoms with Crippen molar-refractivity contribution in [2.75, 3.05) is 39.9 Å².